The molecule has 0 unspecified atom stereocenters. The van der Waals surface area contributed by atoms with Crippen molar-refractivity contribution in [1.82, 2.24) is 10.6 Å². The quantitative estimate of drug-likeness (QED) is 0.325. The number of methoxy groups -OCH3 is 1. The third kappa shape index (κ3) is 4.18. The maximum absolute atomic E-state index is 13.1. The summed E-state index contributed by atoms with van der Waals surface area (Å²) in [5, 5.41) is 30.4. The monoisotopic (exact) mass is 428 g/mol. The number of nitro groups is 1. The maximum atomic E-state index is 13.1. The van der Waals surface area contributed by atoms with E-state index in [2.05, 4.69) is 16.0 Å². The van der Waals surface area contributed by atoms with Gasteiger partial charge in [0.05, 0.1) is 23.6 Å². The zero-order chi connectivity index (χ0) is 22.0. The zero-order valence-electron chi connectivity index (χ0n) is 16.5. The van der Waals surface area contributed by atoms with Crippen LogP contribution in [0, 0.1) is 17.0 Å². The minimum atomic E-state index is -0.794. The lowest BCUT2D eigenvalue weighted by molar-refractivity contribution is -0.386. The molecule has 0 aromatic heterocycles. The highest BCUT2D eigenvalue weighted by Crippen LogP contribution is 2.40. The SMILES string of the molecule is COc1cc([C@@H]2NC(=S)NC(C)=C2C(=O)Nc2ccc(C)cc2)cc([N+](=O)[O-])c1O. The number of phenolic OH excluding ortho intramolecular Hbond substituents is 1. The van der Waals surface area contributed by atoms with Gasteiger partial charge in [0.15, 0.2) is 10.9 Å². The molecule has 4 N–H and O–H groups in total. The highest BCUT2D eigenvalue weighted by molar-refractivity contribution is 7.80. The molecule has 30 heavy (non-hydrogen) atoms. The van der Waals surface area contributed by atoms with Gasteiger partial charge in [0.1, 0.15) is 0 Å². The molecule has 1 amide bonds. The Hall–Kier alpha value is -3.66. The number of benzene rings is 2. The molecule has 0 spiro atoms. The highest BCUT2D eigenvalue weighted by Gasteiger charge is 2.32. The number of nitrogens with zero attached hydrogens (tertiary/aromatic N) is 1. The van der Waals surface area contributed by atoms with E-state index < -0.39 is 28.3 Å². The molecule has 0 radical (unpaired) electrons. The van der Waals surface area contributed by atoms with Gasteiger partial charge in [-0.15, -0.1) is 0 Å². The molecule has 1 atom stereocenters. The molecule has 1 heterocycles. The summed E-state index contributed by atoms with van der Waals surface area (Å²) in [5.41, 5.74) is 2.26. The lowest BCUT2D eigenvalue weighted by Gasteiger charge is -2.30. The molecule has 10 heteroatoms. The summed E-state index contributed by atoms with van der Waals surface area (Å²) < 4.78 is 5.08. The molecule has 3 rings (SSSR count). The lowest BCUT2D eigenvalue weighted by atomic mass is 9.94. The van der Waals surface area contributed by atoms with Crippen molar-refractivity contribution in [3.8, 4) is 11.5 Å². The molecule has 0 aliphatic carbocycles. The summed E-state index contributed by atoms with van der Waals surface area (Å²) in [6.07, 6.45) is 0. The van der Waals surface area contributed by atoms with Gasteiger partial charge in [0, 0.05) is 17.5 Å². The predicted molar refractivity (Wildman–Crippen MR) is 115 cm³/mol. The average Bonchev–Trinajstić information content (AvgIpc) is 2.69. The smallest absolute Gasteiger partial charge is 0.315 e. The normalized spacial score (nSPS) is 15.8. The van der Waals surface area contributed by atoms with Crippen molar-refractivity contribution in [1.29, 1.82) is 0 Å². The van der Waals surface area contributed by atoms with Gasteiger partial charge in [-0.05, 0) is 49.8 Å². The Morgan fingerprint density at radius 2 is 1.93 bits per heavy atom. The largest absolute Gasteiger partial charge is 0.500 e. The Labute approximate surface area is 177 Å². The molecule has 0 bridgehead atoms. The van der Waals surface area contributed by atoms with E-state index in [-0.39, 0.29) is 10.9 Å². The molecule has 9 nitrogen and oxygen atoms in total. The Balaban J connectivity index is 2.05. The first-order valence-corrected chi connectivity index (χ1v) is 9.33. The number of allylic oxidation sites excluding steroid dienone is 1. The first-order chi connectivity index (χ1) is 14.2. The van der Waals surface area contributed by atoms with E-state index in [4.69, 9.17) is 17.0 Å². The fraction of sp³-hybridized carbons (Fsp3) is 0.200. The zero-order valence-corrected chi connectivity index (χ0v) is 17.3. The van der Waals surface area contributed by atoms with Crippen LogP contribution in [-0.4, -0.2) is 28.2 Å². The lowest BCUT2D eigenvalue weighted by Crippen LogP contribution is -2.45. The number of hydrogen-bond donors (Lipinski definition) is 4. The van der Waals surface area contributed by atoms with Crippen molar-refractivity contribution in [3.63, 3.8) is 0 Å². The summed E-state index contributed by atoms with van der Waals surface area (Å²) in [5.74, 6) is -1.07. The van der Waals surface area contributed by atoms with E-state index in [0.717, 1.165) is 5.56 Å². The number of phenols is 1. The van der Waals surface area contributed by atoms with Crippen LogP contribution in [0.3, 0.4) is 0 Å². The number of nitro benzene ring substituents is 1. The second-order valence-corrected chi connectivity index (χ2v) is 7.15. The summed E-state index contributed by atoms with van der Waals surface area (Å²) >= 11 is 5.21. The number of hydrogen-bond acceptors (Lipinski definition) is 6. The number of rotatable bonds is 5. The first kappa shape index (κ1) is 21.1. The van der Waals surface area contributed by atoms with Crippen molar-refractivity contribution >= 4 is 34.6 Å². The van der Waals surface area contributed by atoms with Gasteiger partial charge >= 0.3 is 5.69 Å². The molecule has 0 saturated carbocycles. The van der Waals surface area contributed by atoms with Crippen LogP contribution in [0.5, 0.6) is 11.5 Å². The third-order valence-corrected chi connectivity index (χ3v) is 4.87. The van der Waals surface area contributed by atoms with Gasteiger partial charge in [-0.3, -0.25) is 14.9 Å². The Bertz CT molecular complexity index is 1070. The van der Waals surface area contributed by atoms with Gasteiger partial charge in [-0.25, -0.2) is 0 Å². The van der Waals surface area contributed by atoms with Crippen molar-refractivity contribution in [2.75, 3.05) is 12.4 Å². The molecule has 0 saturated heterocycles. The summed E-state index contributed by atoms with van der Waals surface area (Å²) in [6.45, 7) is 3.63. The topological polar surface area (TPSA) is 126 Å². The van der Waals surface area contributed by atoms with Crippen LogP contribution in [0.15, 0.2) is 47.7 Å². The number of aryl methyl sites for hydroxylation is 1. The molecule has 1 aliphatic heterocycles. The molecule has 0 fully saturated rings. The minimum Gasteiger partial charge on any atom is -0.500 e. The number of ether oxygens (including phenoxy) is 1. The van der Waals surface area contributed by atoms with E-state index in [1.807, 2.05) is 19.1 Å². The van der Waals surface area contributed by atoms with Crippen LogP contribution in [0.4, 0.5) is 11.4 Å². The van der Waals surface area contributed by atoms with E-state index in [1.165, 1.54) is 19.2 Å². The molecule has 156 valence electrons. The number of amides is 1. The molecule has 2 aromatic carbocycles. The molecular formula is C20H20N4O5S. The van der Waals surface area contributed by atoms with Gasteiger partial charge in [-0.1, -0.05) is 17.7 Å². The molecule has 1 aliphatic rings. The molecular weight excluding hydrogens is 408 g/mol. The van der Waals surface area contributed by atoms with Crippen LogP contribution in [0.2, 0.25) is 0 Å². The van der Waals surface area contributed by atoms with Crippen LogP contribution >= 0.6 is 12.2 Å². The Morgan fingerprint density at radius 1 is 1.27 bits per heavy atom. The third-order valence-electron chi connectivity index (χ3n) is 4.65. The van der Waals surface area contributed by atoms with Crippen molar-refractivity contribution in [2.45, 2.75) is 19.9 Å². The highest BCUT2D eigenvalue weighted by atomic mass is 32.1. The van der Waals surface area contributed by atoms with Crippen LogP contribution in [0.1, 0.15) is 24.1 Å². The average molecular weight is 428 g/mol. The number of nitrogens with one attached hydrogen (secondary N) is 3. The number of thiocarbonyl (C=S) groups is 1. The summed E-state index contributed by atoms with van der Waals surface area (Å²) in [4.78, 5) is 23.7. The number of carbonyl (C=O) groups excluding carboxylic acids is 1. The van der Waals surface area contributed by atoms with Crippen molar-refractivity contribution < 1.29 is 19.6 Å². The number of carbonyl (C=O) groups is 1. The summed E-state index contributed by atoms with van der Waals surface area (Å²) in [6, 6.07) is 9.12. The Kier molecular flexibility index (Phi) is 5.88. The van der Waals surface area contributed by atoms with Crippen LogP contribution in [0.25, 0.3) is 0 Å². The number of aromatic hydroxyl groups is 1. The van der Waals surface area contributed by atoms with Crippen molar-refractivity contribution in [2.24, 2.45) is 0 Å². The Morgan fingerprint density at radius 3 is 2.53 bits per heavy atom. The maximum Gasteiger partial charge on any atom is 0.315 e. The predicted octanol–water partition coefficient (Wildman–Crippen LogP) is 3.05. The van der Waals surface area contributed by atoms with Gasteiger partial charge in [0.25, 0.3) is 5.91 Å². The van der Waals surface area contributed by atoms with E-state index in [9.17, 15) is 20.0 Å². The molecule has 2 aromatic rings. The second kappa shape index (κ2) is 8.37. The van der Waals surface area contributed by atoms with E-state index in [0.29, 0.717) is 22.5 Å². The van der Waals surface area contributed by atoms with Gasteiger partial charge in [0.2, 0.25) is 5.75 Å². The van der Waals surface area contributed by atoms with Gasteiger partial charge < -0.3 is 25.8 Å². The van der Waals surface area contributed by atoms with E-state index >= 15 is 0 Å². The number of anilines is 1. The second-order valence-electron chi connectivity index (χ2n) is 6.74. The van der Waals surface area contributed by atoms with Gasteiger partial charge in [-0.2, -0.15) is 0 Å². The fourth-order valence-electron chi connectivity index (χ4n) is 3.16. The van der Waals surface area contributed by atoms with Crippen LogP contribution in [-0.2, 0) is 4.79 Å². The fourth-order valence-corrected chi connectivity index (χ4v) is 3.43. The van der Waals surface area contributed by atoms with Crippen LogP contribution < -0.4 is 20.7 Å². The first-order valence-electron chi connectivity index (χ1n) is 8.93. The van der Waals surface area contributed by atoms with E-state index in [1.54, 1.807) is 19.1 Å². The summed E-state index contributed by atoms with van der Waals surface area (Å²) in [7, 11) is 1.29. The standard InChI is InChI=1S/C20H20N4O5S/c1-10-4-6-13(7-5-10)22-19(26)16-11(2)21-20(30)23-17(16)12-8-14(24(27)28)18(25)15(9-12)29-3/h4-9,17,25H,1-3H3,(H,22,26)(H2,21,23,30)/t17-/m0/s1. The minimum absolute atomic E-state index is 0.0820. The van der Waals surface area contributed by atoms with Crippen molar-refractivity contribution in [3.05, 3.63) is 68.9 Å².